The maximum absolute atomic E-state index is 13.1. The Hall–Kier alpha value is -2.29. The van der Waals surface area contributed by atoms with Crippen molar-refractivity contribution in [1.82, 2.24) is 8.87 Å². The molecule has 182 valence electrons. The number of aromatic nitrogens is 1. The first-order valence-corrected chi connectivity index (χ1v) is 14.3. The number of benzene rings is 2. The van der Waals surface area contributed by atoms with Crippen molar-refractivity contribution in [2.45, 2.75) is 58.4 Å². The maximum Gasteiger partial charge on any atom is 0.279 e. The minimum atomic E-state index is -3.58. The second kappa shape index (κ2) is 10.1. The summed E-state index contributed by atoms with van der Waals surface area (Å²) in [5, 5.41) is 0. The van der Waals surface area contributed by atoms with E-state index < -0.39 is 10.0 Å². The van der Waals surface area contributed by atoms with Gasteiger partial charge in [-0.1, -0.05) is 45.1 Å². The first-order chi connectivity index (χ1) is 16.2. The van der Waals surface area contributed by atoms with Crippen molar-refractivity contribution in [3.63, 3.8) is 0 Å². The summed E-state index contributed by atoms with van der Waals surface area (Å²) < 4.78 is 31.0. The number of amides is 1. The van der Waals surface area contributed by atoms with Crippen molar-refractivity contribution in [3.05, 3.63) is 58.4 Å². The van der Waals surface area contributed by atoms with E-state index in [2.05, 4.69) is 55.5 Å². The first kappa shape index (κ1) is 24.8. The Morgan fingerprint density at radius 3 is 2.35 bits per heavy atom. The molecule has 4 rings (SSSR count). The average Bonchev–Trinajstić information content (AvgIpc) is 3.14. The number of rotatable bonds is 6. The van der Waals surface area contributed by atoms with Gasteiger partial charge in [0.25, 0.3) is 5.91 Å². The van der Waals surface area contributed by atoms with E-state index in [0.29, 0.717) is 35.3 Å². The smallest absolute Gasteiger partial charge is 0.279 e. The van der Waals surface area contributed by atoms with E-state index in [1.165, 1.54) is 29.0 Å². The Labute approximate surface area is 206 Å². The Bertz CT molecular complexity index is 1340. The van der Waals surface area contributed by atoms with Gasteiger partial charge in [0.05, 0.1) is 15.1 Å². The van der Waals surface area contributed by atoms with Crippen LogP contribution in [0.4, 0.5) is 0 Å². The van der Waals surface area contributed by atoms with E-state index in [1.54, 1.807) is 16.4 Å². The van der Waals surface area contributed by atoms with Gasteiger partial charge in [0, 0.05) is 25.2 Å². The lowest BCUT2D eigenvalue weighted by molar-refractivity contribution is 0.0997. The van der Waals surface area contributed by atoms with Crippen molar-refractivity contribution in [2.24, 2.45) is 16.8 Å². The number of thiazole rings is 1. The van der Waals surface area contributed by atoms with Gasteiger partial charge in [-0.2, -0.15) is 9.30 Å². The third-order valence-electron chi connectivity index (χ3n) is 6.37. The van der Waals surface area contributed by atoms with Crippen molar-refractivity contribution < 1.29 is 13.2 Å². The minimum Gasteiger partial charge on any atom is -0.316 e. The second-order valence-corrected chi connectivity index (χ2v) is 12.3. The van der Waals surface area contributed by atoms with Crippen molar-refractivity contribution in [1.29, 1.82) is 0 Å². The number of carbonyl (C=O) groups is 1. The lowest BCUT2D eigenvalue weighted by Gasteiger charge is -2.34. The van der Waals surface area contributed by atoms with Crippen LogP contribution >= 0.6 is 11.3 Å². The quantitative estimate of drug-likeness (QED) is 0.475. The van der Waals surface area contributed by atoms with Crippen LogP contribution in [0.2, 0.25) is 0 Å². The molecule has 1 saturated heterocycles. The SMILES string of the molecule is CCCn1c(=NC(=O)c2ccc(S(=O)(=O)N3CC(C)CC(C)C3)cc2)sc2cc(CC)ccc21. The fraction of sp³-hybridized carbons (Fsp3) is 0.462. The highest BCUT2D eigenvalue weighted by atomic mass is 32.2. The molecule has 1 amide bonds. The molecule has 0 radical (unpaired) electrons. The van der Waals surface area contributed by atoms with Crippen LogP contribution in [-0.2, 0) is 23.0 Å². The Kier molecular flexibility index (Phi) is 7.40. The topological polar surface area (TPSA) is 71.7 Å². The molecular formula is C26H33N3O3S2. The van der Waals surface area contributed by atoms with Crippen LogP contribution in [0.3, 0.4) is 0 Å². The zero-order valence-electron chi connectivity index (χ0n) is 20.3. The van der Waals surface area contributed by atoms with E-state index in [1.807, 2.05) is 0 Å². The van der Waals surface area contributed by atoms with Gasteiger partial charge in [0.15, 0.2) is 4.80 Å². The van der Waals surface area contributed by atoms with Crippen LogP contribution < -0.4 is 4.80 Å². The van der Waals surface area contributed by atoms with E-state index in [9.17, 15) is 13.2 Å². The number of piperidine rings is 1. The molecule has 1 aliphatic rings. The van der Waals surface area contributed by atoms with Crippen LogP contribution in [0.1, 0.15) is 56.5 Å². The highest BCUT2D eigenvalue weighted by molar-refractivity contribution is 7.89. The lowest BCUT2D eigenvalue weighted by Crippen LogP contribution is -2.42. The third-order valence-corrected chi connectivity index (χ3v) is 9.26. The molecule has 0 N–H and O–H groups in total. The summed E-state index contributed by atoms with van der Waals surface area (Å²) in [6.45, 7) is 10.2. The van der Waals surface area contributed by atoms with E-state index in [4.69, 9.17) is 0 Å². The number of carbonyl (C=O) groups excluding carboxylic acids is 1. The molecule has 3 aromatic rings. The molecule has 0 aliphatic carbocycles. The van der Waals surface area contributed by atoms with Crippen LogP contribution in [0.5, 0.6) is 0 Å². The fourth-order valence-corrected chi connectivity index (χ4v) is 7.53. The number of nitrogens with zero attached hydrogens (tertiary/aromatic N) is 3. The van der Waals surface area contributed by atoms with Crippen molar-refractivity contribution in [3.8, 4) is 0 Å². The standard InChI is InChI=1S/C26H33N3O3S2/c1-5-13-29-23-12-7-20(6-2)15-24(23)33-26(29)27-25(30)21-8-10-22(11-9-21)34(31,32)28-16-18(3)14-19(4)17-28/h7-12,15,18-19H,5-6,13-14,16-17H2,1-4H3. The van der Waals surface area contributed by atoms with Gasteiger partial charge in [0.1, 0.15) is 0 Å². The summed E-state index contributed by atoms with van der Waals surface area (Å²) >= 11 is 1.52. The molecule has 1 aromatic heterocycles. The molecule has 6 nitrogen and oxygen atoms in total. The van der Waals surface area contributed by atoms with Crippen LogP contribution in [-0.4, -0.2) is 36.3 Å². The summed E-state index contributed by atoms with van der Waals surface area (Å²) in [5.74, 6) is 0.307. The number of fused-ring (bicyclic) bond motifs is 1. The predicted octanol–water partition coefficient (Wildman–Crippen LogP) is 5.08. The fourth-order valence-electron chi connectivity index (χ4n) is 4.73. The third kappa shape index (κ3) is 5.04. The van der Waals surface area contributed by atoms with Gasteiger partial charge >= 0.3 is 0 Å². The van der Waals surface area contributed by atoms with Gasteiger partial charge < -0.3 is 4.57 Å². The zero-order chi connectivity index (χ0) is 24.5. The van der Waals surface area contributed by atoms with Crippen LogP contribution in [0.15, 0.2) is 52.4 Å². The van der Waals surface area contributed by atoms with E-state index >= 15 is 0 Å². The molecule has 8 heteroatoms. The molecule has 1 fully saturated rings. The monoisotopic (exact) mass is 499 g/mol. The molecule has 1 aliphatic heterocycles. The highest BCUT2D eigenvalue weighted by Crippen LogP contribution is 2.27. The minimum absolute atomic E-state index is 0.223. The number of aryl methyl sites for hydroxylation is 2. The largest absolute Gasteiger partial charge is 0.316 e. The number of sulfonamides is 1. The van der Waals surface area contributed by atoms with Gasteiger partial charge in [0.2, 0.25) is 10.0 Å². The normalized spacial score (nSPS) is 20.2. The first-order valence-electron chi connectivity index (χ1n) is 12.0. The lowest BCUT2D eigenvalue weighted by atomic mass is 9.94. The predicted molar refractivity (Wildman–Crippen MR) is 138 cm³/mol. The summed E-state index contributed by atoms with van der Waals surface area (Å²) in [5.41, 5.74) is 2.72. The molecular weight excluding hydrogens is 466 g/mol. The zero-order valence-corrected chi connectivity index (χ0v) is 22.0. The molecule has 0 saturated carbocycles. The number of hydrogen-bond donors (Lipinski definition) is 0. The molecule has 2 unspecified atom stereocenters. The summed E-state index contributed by atoms with van der Waals surface area (Å²) in [6, 6.07) is 12.6. The molecule has 2 aromatic carbocycles. The number of hydrogen-bond acceptors (Lipinski definition) is 4. The second-order valence-electron chi connectivity index (χ2n) is 9.40. The highest BCUT2D eigenvalue weighted by Gasteiger charge is 2.31. The maximum atomic E-state index is 13.1. The van der Waals surface area contributed by atoms with Crippen LogP contribution in [0, 0.1) is 11.8 Å². The van der Waals surface area contributed by atoms with Gasteiger partial charge in [-0.05, 0) is 73.1 Å². The van der Waals surface area contributed by atoms with E-state index in [0.717, 1.165) is 36.0 Å². The Morgan fingerprint density at radius 1 is 1.06 bits per heavy atom. The molecule has 0 spiro atoms. The van der Waals surface area contributed by atoms with Crippen molar-refractivity contribution >= 4 is 37.5 Å². The summed E-state index contributed by atoms with van der Waals surface area (Å²) in [6.07, 6.45) is 2.93. The van der Waals surface area contributed by atoms with E-state index in [-0.39, 0.29) is 10.8 Å². The summed E-state index contributed by atoms with van der Waals surface area (Å²) in [7, 11) is -3.58. The molecule has 2 atom stereocenters. The van der Waals surface area contributed by atoms with Gasteiger partial charge in [-0.3, -0.25) is 4.79 Å². The molecule has 34 heavy (non-hydrogen) atoms. The molecule has 2 heterocycles. The Morgan fingerprint density at radius 2 is 1.74 bits per heavy atom. The Balaban J connectivity index is 1.63. The summed E-state index contributed by atoms with van der Waals surface area (Å²) in [4.78, 5) is 18.3. The molecule has 0 bridgehead atoms. The van der Waals surface area contributed by atoms with Gasteiger partial charge in [-0.15, -0.1) is 0 Å². The average molecular weight is 500 g/mol. The van der Waals surface area contributed by atoms with Crippen molar-refractivity contribution in [2.75, 3.05) is 13.1 Å². The van der Waals surface area contributed by atoms with Gasteiger partial charge in [-0.25, -0.2) is 8.42 Å². The van der Waals surface area contributed by atoms with Crippen LogP contribution in [0.25, 0.3) is 10.2 Å².